The van der Waals surface area contributed by atoms with Crippen LogP contribution >= 0.6 is 15.6 Å². The number of amides is 2. The zero-order chi connectivity index (χ0) is 64.6. The fraction of sp³-hybridized carbons (Fsp3) is 0.952. The van der Waals surface area contributed by atoms with Crippen molar-refractivity contribution in [2.75, 3.05) is 52.9 Å². The van der Waals surface area contributed by atoms with Crippen LogP contribution in [0, 0.1) is 0 Å². The van der Waals surface area contributed by atoms with Crippen LogP contribution in [0.5, 0.6) is 0 Å². The largest absolute Gasteiger partial charge is 0.469 e. The maximum Gasteiger partial charge on any atom is 0.469 e. The number of phosphoric acid groups is 2. The molecule has 0 aromatic carbocycles. The molecule has 0 radical (unpaired) electrons. The zero-order valence-electron chi connectivity index (χ0n) is 45.0. The quantitative estimate of drug-likeness (QED) is 0.0206. The van der Waals surface area contributed by atoms with E-state index in [0.29, 0.717) is 0 Å². The molecule has 30 atom stereocenters. The van der Waals surface area contributed by atoms with Crippen LogP contribution in [0.2, 0.25) is 0 Å². The van der Waals surface area contributed by atoms with Gasteiger partial charge in [0.2, 0.25) is 5.91 Å². The lowest BCUT2D eigenvalue weighted by molar-refractivity contribution is -0.391. The van der Waals surface area contributed by atoms with E-state index in [0.717, 1.165) is 0 Å². The summed E-state index contributed by atoms with van der Waals surface area (Å²) in [5.41, 5.74) is 4.06. The molecule has 6 fully saturated rings. The van der Waals surface area contributed by atoms with Crippen LogP contribution in [0.1, 0.15) is 12.8 Å². The van der Waals surface area contributed by atoms with Crippen LogP contribution in [-0.2, 0) is 89.4 Å². The third-order valence-electron chi connectivity index (χ3n) is 14.2. The van der Waals surface area contributed by atoms with Gasteiger partial charge in [-0.05, 0) is 6.42 Å². The maximum absolute atomic E-state index is 12.4. The average Bonchev–Trinajstić information content (AvgIpc) is 1.28. The van der Waals surface area contributed by atoms with Gasteiger partial charge in [-0.1, -0.05) is 0 Å². The Morgan fingerprint density at radius 2 is 0.747 bits per heavy atom. The molecule has 0 aromatic rings. The second kappa shape index (κ2) is 32.7. The minimum Gasteiger partial charge on any atom is -0.394 e. The highest BCUT2D eigenvalue weighted by Gasteiger charge is 2.57. The summed E-state index contributed by atoms with van der Waals surface area (Å²) in [6.07, 6.45) is -62.6. The van der Waals surface area contributed by atoms with Gasteiger partial charge in [-0.3, -0.25) is 34.3 Å². The van der Waals surface area contributed by atoms with E-state index in [2.05, 4.69) is 19.3 Å². The van der Waals surface area contributed by atoms with Crippen molar-refractivity contribution in [1.82, 2.24) is 10.9 Å². The first-order chi connectivity index (χ1) is 40.8. The van der Waals surface area contributed by atoms with Crippen LogP contribution < -0.4 is 16.7 Å². The van der Waals surface area contributed by atoms with E-state index in [1.54, 1.807) is 0 Å². The number of aliphatic hydroxyl groups is 17. The Kier molecular flexibility index (Phi) is 27.8. The number of carbonyl (C=O) groups is 2. The van der Waals surface area contributed by atoms with Gasteiger partial charge >= 0.3 is 15.6 Å². The third kappa shape index (κ3) is 19.3. The molecular weight excluding hydrogens is 1250 g/mol. The summed E-state index contributed by atoms with van der Waals surface area (Å²) in [5.74, 6) is 3.21. The molecule has 25 N–H and O–H groups in total. The second-order valence-electron chi connectivity index (χ2n) is 20.4. The van der Waals surface area contributed by atoms with Crippen LogP contribution in [0.25, 0.3) is 0 Å². The molecule has 0 bridgehead atoms. The Morgan fingerprint density at radius 3 is 1.21 bits per heavy atom. The van der Waals surface area contributed by atoms with Crippen molar-refractivity contribution in [2.45, 2.75) is 197 Å². The van der Waals surface area contributed by atoms with Crippen molar-refractivity contribution in [3.8, 4) is 0 Å². The molecule has 6 aliphatic heterocycles. The van der Waals surface area contributed by atoms with E-state index >= 15 is 0 Å². The van der Waals surface area contributed by atoms with E-state index in [4.69, 9.17) is 72.5 Å². The molecule has 45 heteroatoms. The summed E-state index contributed by atoms with van der Waals surface area (Å²) in [4.78, 5) is 64.9. The van der Waals surface area contributed by atoms with Gasteiger partial charge in [0.05, 0.1) is 46.2 Å². The van der Waals surface area contributed by atoms with Gasteiger partial charge in [-0.25, -0.2) is 15.0 Å². The maximum atomic E-state index is 12.4. The Bertz CT molecular complexity index is 2230. The number of hydrazine groups is 1. The molecule has 0 aromatic heterocycles. The predicted octanol–water partition coefficient (Wildman–Crippen LogP) is -15.0. The number of carbonyl (C=O) groups excluding carboxylic acids is 2. The minimum atomic E-state index is -5.25. The normalized spacial score (nSPS) is 44.1. The summed E-state index contributed by atoms with van der Waals surface area (Å²) < 4.78 is 99.4. The molecule has 12 unspecified atom stereocenters. The number of hydrogen-bond acceptors (Lipinski definition) is 37. The highest BCUT2D eigenvalue weighted by Crippen LogP contribution is 2.40. The topological polar surface area (TPSA) is 682 Å². The molecule has 0 aliphatic carbocycles. The molecule has 6 heterocycles. The number of aliphatic hydroxyl groups excluding tert-OH is 17. The molecule has 43 nitrogen and oxygen atoms in total. The van der Waals surface area contributed by atoms with Crippen LogP contribution in [-0.4, -0.2) is 355 Å². The van der Waals surface area contributed by atoms with Crippen LogP contribution in [0.4, 0.5) is 0 Å². The lowest BCUT2D eigenvalue weighted by Crippen LogP contribution is -2.67. The van der Waals surface area contributed by atoms with Crippen LogP contribution in [0.3, 0.4) is 0 Å². The van der Waals surface area contributed by atoms with E-state index < -0.39 is 265 Å². The Balaban J connectivity index is 1.20. The summed E-state index contributed by atoms with van der Waals surface area (Å²) in [7, 11) is -10.5. The van der Waals surface area contributed by atoms with Crippen molar-refractivity contribution in [2.24, 2.45) is 5.90 Å². The Morgan fingerprint density at radius 1 is 0.391 bits per heavy atom. The summed E-state index contributed by atoms with van der Waals surface area (Å²) in [6, 6.07) is 0. The molecule has 508 valence electrons. The minimum absolute atomic E-state index is 0.197. The number of ether oxygens (including phenoxy) is 12. The number of hydrogen-bond donors (Lipinski definition) is 24. The SMILES string of the molecule is NOCC(=O)NNC(=O)CCCO[C@H]1OC(CO[C@@H]2OC(CO[C@@H]3OC(CO)[C@@H](O)[C@H](O)C3O[C@H]3OC(COP(=O)(O)O)[C@@H](O)[C@H](O)C3O)[C@@H](O)[C@H](O)C2O)[C@@H](O)[C@H](O[C@H]2OC(CO)[C@@H](O)[C@H](O)C2O[C@H]2OC(COP(=O)(O)O)[C@@H](O)[C@H](O)C2O)C1O. The summed E-state index contributed by atoms with van der Waals surface area (Å²) in [6.45, 7) is -7.36. The van der Waals surface area contributed by atoms with Crippen LogP contribution in [0.15, 0.2) is 0 Å². The highest BCUT2D eigenvalue weighted by atomic mass is 31.2. The van der Waals surface area contributed by atoms with Crippen molar-refractivity contribution in [3.63, 3.8) is 0 Å². The fourth-order valence-corrected chi connectivity index (χ4v) is 10.1. The van der Waals surface area contributed by atoms with E-state index in [-0.39, 0.29) is 12.8 Å². The molecular formula is C42H75N3O40P2. The number of nitrogens with two attached hydrogens (primary N) is 1. The summed E-state index contributed by atoms with van der Waals surface area (Å²) in [5, 5.41) is 184. The molecule has 0 saturated carbocycles. The standard InChI is InChI=1S/C42H75N3O40P2/c43-74-10-18(49)45-44-17(48)2-1-3-71-38-33(64)34(83-42-36(29(60)20(51)12(5-47)78-42)85-40-32(63)27(58)23(54)16(82-40)9-76-87(68,69)70)24(55)14(80-38)7-72-37-30(61)25(56)21(52)13(79-37)6-73-41-35(28(59)19(50)11(4-46)77-41)84-39-31(62)26(57)22(53)15(81-39)8-75-86(65,66)67/h11-16,19-42,46-47,50-64H,1-10,43H2,(H,44,48)(H,45,49)(H2,65,66,67)(H2,68,69,70)/t11?,12?,13?,14?,15?,16?,19-,20-,21-,22-,23-,24-,25+,26+,27+,28+,29+,30?,31?,32?,33?,34+,35?,36?,37-,38+,39-,40-,41-,42-/m1/s1. The predicted molar refractivity (Wildman–Crippen MR) is 260 cm³/mol. The van der Waals surface area contributed by atoms with Gasteiger partial charge in [0.1, 0.15) is 153 Å². The van der Waals surface area contributed by atoms with Gasteiger partial charge in [0, 0.05) is 6.42 Å². The third-order valence-corrected chi connectivity index (χ3v) is 15.2. The van der Waals surface area contributed by atoms with Crippen molar-refractivity contribution < 1.29 is 196 Å². The number of rotatable bonds is 27. The van der Waals surface area contributed by atoms with Gasteiger partial charge in [0.25, 0.3) is 5.91 Å². The first-order valence-electron chi connectivity index (χ1n) is 26.3. The second-order valence-corrected chi connectivity index (χ2v) is 22.9. The lowest BCUT2D eigenvalue weighted by atomic mass is 9.96. The summed E-state index contributed by atoms with van der Waals surface area (Å²) >= 11 is 0. The fourth-order valence-electron chi connectivity index (χ4n) is 9.44. The van der Waals surface area contributed by atoms with Crippen molar-refractivity contribution in [3.05, 3.63) is 0 Å². The van der Waals surface area contributed by atoms with Crippen molar-refractivity contribution >= 4 is 27.5 Å². The van der Waals surface area contributed by atoms with Gasteiger partial charge in [0.15, 0.2) is 37.7 Å². The average molecular weight is 1320 g/mol. The van der Waals surface area contributed by atoms with Gasteiger partial charge in [-0.2, -0.15) is 0 Å². The Hall–Kier alpha value is -2.08. The molecule has 6 aliphatic rings. The van der Waals surface area contributed by atoms with Gasteiger partial charge < -0.3 is 163 Å². The van der Waals surface area contributed by atoms with E-state index in [1.165, 1.54) is 0 Å². The zero-order valence-corrected chi connectivity index (χ0v) is 46.8. The first kappa shape index (κ1) is 74.0. The first-order valence-corrected chi connectivity index (χ1v) is 29.3. The number of phosphoric ester groups is 2. The lowest BCUT2D eigenvalue weighted by Gasteiger charge is -2.48. The Labute approximate surface area is 489 Å². The molecule has 87 heavy (non-hydrogen) atoms. The number of nitrogens with one attached hydrogen (secondary N) is 2. The van der Waals surface area contributed by atoms with Crippen molar-refractivity contribution in [1.29, 1.82) is 0 Å². The smallest absolute Gasteiger partial charge is 0.394 e. The van der Waals surface area contributed by atoms with E-state index in [1.807, 2.05) is 5.43 Å². The monoisotopic (exact) mass is 1320 g/mol. The van der Waals surface area contributed by atoms with Gasteiger partial charge in [-0.15, -0.1) is 0 Å². The molecule has 6 saturated heterocycles. The molecule has 6 rings (SSSR count). The van der Waals surface area contributed by atoms with E-state index in [9.17, 15) is 115 Å². The molecule has 0 spiro atoms. The highest BCUT2D eigenvalue weighted by molar-refractivity contribution is 7.46. The molecule has 2 amide bonds.